The lowest BCUT2D eigenvalue weighted by Crippen LogP contribution is -2.33. The molecule has 0 atom stereocenters. The van der Waals surface area contributed by atoms with Gasteiger partial charge in [0.2, 0.25) is 0 Å². The number of terminal acetylenes is 1. The molecule has 0 aromatic carbocycles. The first-order valence-electron chi connectivity index (χ1n) is 6.37. The maximum Gasteiger partial charge on any atom is 0.271 e. The van der Waals surface area contributed by atoms with Crippen molar-refractivity contribution in [2.45, 2.75) is 32.2 Å². The molecule has 0 spiro atoms. The molecule has 0 bridgehead atoms. The Morgan fingerprint density at radius 3 is 2.94 bits per heavy atom. The Morgan fingerprint density at radius 1 is 1.67 bits per heavy atom. The predicted octanol–water partition coefficient (Wildman–Crippen LogP) is 1.89. The first-order chi connectivity index (χ1) is 8.67. The van der Waals surface area contributed by atoms with Crippen molar-refractivity contribution in [2.75, 3.05) is 18.8 Å². The van der Waals surface area contributed by atoms with E-state index in [0.29, 0.717) is 30.5 Å². The van der Waals surface area contributed by atoms with Gasteiger partial charge < -0.3 is 15.2 Å². The third kappa shape index (κ3) is 2.51. The molecule has 1 fully saturated rings. The van der Waals surface area contributed by atoms with Crippen LogP contribution >= 0.6 is 0 Å². The molecule has 1 amide bonds. The quantitative estimate of drug-likeness (QED) is 0.805. The van der Waals surface area contributed by atoms with Gasteiger partial charge in [-0.3, -0.25) is 4.79 Å². The van der Waals surface area contributed by atoms with Crippen LogP contribution in [0.4, 0.5) is 5.69 Å². The summed E-state index contributed by atoms with van der Waals surface area (Å²) in [6, 6.07) is 2.19. The molecular weight excluding hydrogens is 226 g/mol. The van der Waals surface area contributed by atoms with E-state index in [1.54, 1.807) is 11.0 Å². The number of nitrogens with zero attached hydrogens (tertiary/aromatic N) is 2. The van der Waals surface area contributed by atoms with E-state index in [9.17, 15) is 4.79 Å². The number of nitrogen functional groups attached to an aromatic ring is 1. The minimum atomic E-state index is -0.0154. The van der Waals surface area contributed by atoms with E-state index >= 15 is 0 Å². The Hall–Kier alpha value is -1.89. The molecule has 1 aliphatic carbocycles. The summed E-state index contributed by atoms with van der Waals surface area (Å²) in [5.74, 6) is 2.52. The predicted molar refractivity (Wildman–Crippen MR) is 72.1 cm³/mol. The summed E-state index contributed by atoms with van der Waals surface area (Å²) >= 11 is 0. The Labute approximate surface area is 108 Å². The molecule has 1 heterocycles. The highest BCUT2D eigenvalue weighted by Crippen LogP contribution is 2.37. The van der Waals surface area contributed by atoms with Crippen molar-refractivity contribution in [1.29, 1.82) is 0 Å². The van der Waals surface area contributed by atoms with Crippen LogP contribution in [0, 0.1) is 12.3 Å². The number of rotatable bonds is 5. The summed E-state index contributed by atoms with van der Waals surface area (Å²) in [5.41, 5.74) is 7.11. The van der Waals surface area contributed by atoms with Crippen LogP contribution in [-0.2, 0) is 0 Å². The zero-order valence-electron chi connectivity index (χ0n) is 10.7. The summed E-state index contributed by atoms with van der Waals surface area (Å²) in [7, 11) is 0. The molecule has 0 unspecified atom stereocenters. The maximum absolute atomic E-state index is 12.4. The number of nitrogens with two attached hydrogens (primary N) is 1. The van der Waals surface area contributed by atoms with E-state index in [2.05, 4.69) is 5.92 Å². The Bertz CT molecular complexity index is 480. The molecule has 0 aliphatic heterocycles. The highest BCUT2D eigenvalue weighted by molar-refractivity contribution is 5.94. The van der Waals surface area contributed by atoms with E-state index in [0.717, 1.165) is 19.3 Å². The van der Waals surface area contributed by atoms with Crippen LogP contribution in [0.15, 0.2) is 12.3 Å². The highest BCUT2D eigenvalue weighted by atomic mass is 16.2. The van der Waals surface area contributed by atoms with Gasteiger partial charge in [0.05, 0.1) is 12.2 Å². The molecule has 1 aromatic rings. The summed E-state index contributed by atoms with van der Waals surface area (Å²) in [5, 5.41) is 0. The van der Waals surface area contributed by atoms with Crippen molar-refractivity contribution in [3.63, 3.8) is 0 Å². The summed E-state index contributed by atoms with van der Waals surface area (Å²) in [6.45, 7) is 3.06. The zero-order valence-corrected chi connectivity index (χ0v) is 10.7. The van der Waals surface area contributed by atoms with Crippen LogP contribution in [0.2, 0.25) is 0 Å². The van der Waals surface area contributed by atoms with Crippen molar-refractivity contribution in [3.05, 3.63) is 18.0 Å². The van der Waals surface area contributed by atoms with Crippen molar-refractivity contribution in [1.82, 2.24) is 9.47 Å². The molecule has 2 rings (SSSR count). The van der Waals surface area contributed by atoms with Gasteiger partial charge in [0, 0.05) is 18.8 Å². The largest absolute Gasteiger partial charge is 0.397 e. The van der Waals surface area contributed by atoms with Gasteiger partial charge in [-0.2, -0.15) is 0 Å². The normalized spacial score (nSPS) is 14.2. The van der Waals surface area contributed by atoms with E-state index in [1.807, 2.05) is 17.7 Å². The number of anilines is 1. The molecule has 18 heavy (non-hydrogen) atoms. The van der Waals surface area contributed by atoms with E-state index in [1.165, 1.54) is 0 Å². The number of carbonyl (C=O) groups is 1. The van der Waals surface area contributed by atoms with Gasteiger partial charge in [0.1, 0.15) is 5.69 Å². The molecule has 4 nitrogen and oxygen atoms in total. The zero-order chi connectivity index (χ0) is 13.1. The van der Waals surface area contributed by atoms with E-state index in [4.69, 9.17) is 12.2 Å². The molecule has 0 saturated heterocycles. The highest BCUT2D eigenvalue weighted by Gasteiger charge is 2.29. The molecular formula is C14H19N3O. The standard InChI is InChI=1S/C14H19N3O/c1-3-7-16(8-4-2)14(18)13-9-11(15)10-17(13)12-5-6-12/h1,9-10,12H,4-8,15H2,2H3. The topological polar surface area (TPSA) is 51.3 Å². The molecule has 4 heteroatoms. The van der Waals surface area contributed by atoms with Crippen LogP contribution in [-0.4, -0.2) is 28.5 Å². The lowest BCUT2D eigenvalue weighted by atomic mass is 10.3. The number of hydrogen-bond donors (Lipinski definition) is 1. The molecule has 1 saturated carbocycles. The maximum atomic E-state index is 12.4. The van der Waals surface area contributed by atoms with Crippen molar-refractivity contribution >= 4 is 11.6 Å². The second kappa shape index (κ2) is 5.18. The number of carbonyl (C=O) groups excluding carboxylic acids is 1. The SMILES string of the molecule is C#CCN(CCC)C(=O)c1cc(N)cn1C1CC1. The van der Waals surface area contributed by atoms with Gasteiger partial charge in [0.15, 0.2) is 0 Å². The molecule has 1 aliphatic rings. The van der Waals surface area contributed by atoms with Gasteiger partial charge in [-0.15, -0.1) is 6.42 Å². The number of aromatic nitrogens is 1. The summed E-state index contributed by atoms with van der Waals surface area (Å²) in [6.07, 6.45) is 10.3. The third-order valence-electron chi connectivity index (χ3n) is 3.09. The monoisotopic (exact) mass is 245 g/mol. The molecule has 96 valence electrons. The molecule has 1 aromatic heterocycles. The fraction of sp³-hybridized carbons (Fsp3) is 0.500. The lowest BCUT2D eigenvalue weighted by molar-refractivity contribution is 0.0766. The van der Waals surface area contributed by atoms with Gasteiger partial charge in [-0.05, 0) is 25.3 Å². The summed E-state index contributed by atoms with van der Waals surface area (Å²) < 4.78 is 2.00. The van der Waals surface area contributed by atoms with Crippen LogP contribution in [0.5, 0.6) is 0 Å². The van der Waals surface area contributed by atoms with Gasteiger partial charge in [0.25, 0.3) is 5.91 Å². The minimum Gasteiger partial charge on any atom is -0.397 e. The van der Waals surface area contributed by atoms with Crippen LogP contribution in [0.3, 0.4) is 0 Å². The average Bonchev–Trinajstić information content (AvgIpc) is 3.11. The number of amides is 1. The van der Waals surface area contributed by atoms with Crippen molar-refractivity contribution < 1.29 is 4.79 Å². The Balaban J connectivity index is 2.23. The lowest BCUT2D eigenvalue weighted by Gasteiger charge is -2.20. The second-order valence-corrected chi connectivity index (χ2v) is 4.73. The van der Waals surface area contributed by atoms with Crippen LogP contribution in [0.25, 0.3) is 0 Å². The van der Waals surface area contributed by atoms with Crippen molar-refractivity contribution in [3.8, 4) is 12.3 Å². The Morgan fingerprint density at radius 2 is 2.39 bits per heavy atom. The minimum absolute atomic E-state index is 0.0154. The second-order valence-electron chi connectivity index (χ2n) is 4.73. The van der Waals surface area contributed by atoms with E-state index < -0.39 is 0 Å². The van der Waals surface area contributed by atoms with E-state index in [-0.39, 0.29) is 5.91 Å². The van der Waals surface area contributed by atoms with Gasteiger partial charge >= 0.3 is 0 Å². The fourth-order valence-corrected chi connectivity index (χ4v) is 2.12. The van der Waals surface area contributed by atoms with Crippen molar-refractivity contribution in [2.24, 2.45) is 0 Å². The van der Waals surface area contributed by atoms with Crippen LogP contribution in [0.1, 0.15) is 42.7 Å². The Kier molecular flexibility index (Phi) is 3.61. The first kappa shape index (κ1) is 12.6. The van der Waals surface area contributed by atoms with Gasteiger partial charge in [-0.25, -0.2) is 0 Å². The number of hydrogen-bond acceptors (Lipinski definition) is 2. The summed E-state index contributed by atoms with van der Waals surface area (Å²) in [4.78, 5) is 14.1. The fourth-order valence-electron chi connectivity index (χ4n) is 2.12. The smallest absolute Gasteiger partial charge is 0.271 e. The third-order valence-corrected chi connectivity index (χ3v) is 3.09. The molecule has 0 radical (unpaired) electrons. The molecule has 2 N–H and O–H groups in total. The average molecular weight is 245 g/mol. The first-order valence-corrected chi connectivity index (χ1v) is 6.37. The van der Waals surface area contributed by atoms with Crippen LogP contribution < -0.4 is 5.73 Å². The van der Waals surface area contributed by atoms with Gasteiger partial charge in [-0.1, -0.05) is 12.8 Å².